The molecule has 1 saturated carbocycles. The quantitative estimate of drug-likeness (QED) is 0.559. The van der Waals surface area contributed by atoms with Crippen molar-refractivity contribution in [1.29, 1.82) is 0 Å². The molecule has 0 saturated heterocycles. The van der Waals surface area contributed by atoms with E-state index in [1.165, 1.54) is 12.1 Å². The van der Waals surface area contributed by atoms with Gasteiger partial charge in [0, 0.05) is 5.92 Å². The van der Waals surface area contributed by atoms with Crippen LogP contribution < -0.4 is 0 Å². The van der Waals surface area contributed by atoms with Gasteiger partial charge in [-0.25, -0.2) is 9.37 Å². The smallest absolute Gasteiger partial charge is 0.187 e. The summed E-state index contributed by atoms with van der Waals surface area (Å²) in [5.74, 6) is -0.835. The lowest BCUT2D eigenvalue weighted by Crippen LogP contribution is -2.23. The highest BCUT2D eigenvalue weighted by atomic mass is 35.5. The predicted octanol–water partition coefficient (Wildman–Crippen LogP) is 2.86. The first-order valence-corrected chi connectivity index (χ1v) is 4.92. The Morgan fingerprint density at radius 1 is 1.50 bits per heavy atom. The van der Waals surface area contributed by atoms with E-state index in [0.717, 1.165) is 19.3 Å². The minimum absolute atomic E-state index is 0.0459. The molecule has 2 nitrogen and oxygen atoms in total. The average Bonchev–Trinajstić information content (AvgIpc) is 2.06. The molecular formula is C10H9ClFNO. The van der Waals surface area contributed by atoms with Crippen LogP contribution in [0.25, 0.3) is 0 Å². The second-order valence-electron chi connectivity index (χ2n) is 3.46. The second kappa shape index (κ2) is 3.65. The number of rotatable bonds is 2. The van der Waals surface area contributed by atoms with Crippen LogP contribution in [0, 0.1) is 11.7 Å². The van der Waals surface area contributed by atoms with Crippen molar-refractivity contribution >= 4 is 17.4 Å². The van der Waals surface area contributed by atoms with Gasteiger partial charge in [-0.05, 0) is 25.0 Å². The number of ketones is 1. The van der Waals surface area contributed by atoms with Gasteiger partial charge in [0.1, 0.15) is 10.8 Å². The van der Waals surface area contributed by atoms with Crippen molar-refractivity contribution in [3.05, 3.63) is 28.8 Å². The lowest BCUT2D eigenvalue weighted by atomic mass is 9.81. The van der Waals surface area contributed by atoms with Gasteiger partial charge in [0.2, 0.25) is 0 Å². The van der Waals surface area contributed by atoms with Crippen molar-refractivity contribution in [3.8, 4) is 0 Å². The van der Waals surface area contributed by atoms with Crippen LogP contribution in [0.15, 0.2) is 12.1 Å². The third-order valence-corrected chi connectivity index (χ3v) is 2.73. The zero-order valence-corrected chi connectivity index (χ0v) is 8.22. The summed E-state index contributed by atoms with van der Waals surface area (Å²) >= 11 is 5.60. The van der Waals surface area contributed by atoms with Crippen LogP contribution in [0.1, 0.15) is 29.8 Å². The van der Waals surface area contributed by atoms with Crippen LogP contribution in [-0.2, 0) is 0 Å². The molecule has 0 aliphatic heterocycles. The van der Waals surface area contributed by atoms with E-state index in [4.69, 9.17) is 11.6 Å². The molecule has 0 N–H and O–H groups in total. The van der Waals surface area contributed by atoms with Crippen LogP contribution in [0.4, 0.5) is 4.39 Å². The summed E-state index contributed by atoms with van der Waals surface area (Å²) in [5.41, 5.74) is -0.109. The molecule has 1 heterocycles. The van der Waals surface area contributed by atoms with Gasteiger partial charge in [-0.2, -0.15) is 0 Å². The SMILES string of the molecule is O=C(c1nc(Cl)ccc1F)C1CCC1. The topological polar surface area (TPSA) is 30.0 Å². The summed E-state index contributed by atoms with van der Waals surface area (Å²) in [6, 6.07) is 2.52. The Labute approximate surface area is 86.1 Å². The third-order valence-electron chi connectivity index (χ3n) is 2.52. The van der Waals surface area contributed by atoms with Gasteiger partial charge in [-0.15, -0.1) is 0 Å². The number of pyridine rings is 1. The van der Waals surface area contributed by atoms with Gasteiger partial charge in [-0.3, -0.25) is 4.79 Å². The molecule has 0 aromatic carbocycles. The Balaban J connectivity index is 2.29. The number of nitrogens with zero attached hydrogens (tertiary/aromatic N) is 1. The summed E-state index contributed by atoms with van der Waals surface area (Å²) < 4.78 is 13.2. The normalized spacial score (nSPS) is 16.4. The molecule has 0 amide bonds. The molecule has 4 heteroatoms. The van der Waals surface area contributed by atoms with Gasteiger partial charge >= 0.3 is 0 Å². The van der Waals surface area contributed by atoms with Crippen molar-refractivity contribution < 1.29 is 9.18 Å². The Hall–Kier alpha value is -0.960. The van der Waals surface area contributed by atoms with E-state index in [9.17, 15) is 9.18 Å². The maximum Gasteiger partial charge on any atom is 0.187 e. The average molecular weight is 214 g/mol. The summed E-state index contributed by atoms with van der Waals surface area (Å²) in [5, 5.41) is 0.161. The fourth-order valence-corrected chi connectivity index (χ4v) is 1.60. The first-order valence-electron chi connectivity index (χ1n) is 4.55. The molecule has 1 fully saturated rings. The highest BCUT2D eigenvalue weighted by Crippen LogP contribution is 2.30. The van der Waals surface area contributed by atoms with Gasteiger partial charge in [0.15, 0.2) is 11.6 Å². The molecule has 1 aliphatic rings. The summed E-state index contributed by atoms with van der Waals surface area (Å²) in [4.78, 5) is 15.4. The van der Waals surface area contributed by atoms with Crippen LogP contribution in [0.3, 0.4) is 0 Å². The molecule has 14 heavy (non-hydrogen) atoms. The molecule has 1 aromatic rings. The molecule has 0 spiro atoms. The maximum absolute atomic E-state index is 13.2. The lowest BCUT2D eigenvalue weighted by molar-refractivity contribution is 0.0845. The molecule has 2 rings (SSSR count). The van der Waals surface area contributed by atoms with Crippen LogP contribution in [-0.4, -0.2) is 10.8 Å². The van der Waals surface area contributed by atoms with Crippen molar-refractivity contribution in [3.63, 3.8) is 0 Å². The molecule has 74 valence electrons. The lowest BCUT2D eigenvalue weighted by Gasteiger charge is -2.23. The van der Waals surface area contributed by atoms with Crippen LogP contribution in [0.2, 0.25) is 5.15 Å². The fraction of sp³-hybridized carbons (Fsp3) is 0.400. The van der Waals surface area contributed by atoms with Crippen molar-refractivity contribution in [1.82, 2.24) is 4.98 Å². The number of hydrogen-bond acceptors (Lipinski definition) is 2. The van der Waals surface area contributed by atoms with E-state index in [-0.39, 0.29) is 22.5 Å². The molecule has 0 unspecified atom stereocenters. The standard InChI is InChI=1S/C10H9ClFNO/c11-8-5-4-7(12)9(13-8)10(14)6-2-1-3-6/h4-6H,1-3H2. The van der Waals surface area contributed by atoms with E-state index >= 15 is 0 Å². The first-order chi connectivity index (χ1) is 6.68. The first kappa shape index (κ1) is 9.59. The van der Waals surface area contributed by atoms with Gasteiger partial charge in [0.05, 0.1) is 0 Å². The maximum atomic E-state index is 13.2. The number of carbonyl (C=O) groups excluding carboxylic acids is 1. The minimum Gasteiger partial charge on any atom is -0.292 e. The minimum atomic E-state index is -0.577. The van der Waals surface area contributed by atoms with Crippen molar-refractivity contribution in [2.24, 2.45) is 5.92 Å². The number of halogens is 2. The Morgan fingerprint density at radius 2 is 2.21 bits per heavy atom. The van der Waals surface area contributed by atoms with Crippen LogP contribution in [0.5, 0.6) is 0 Å². The number of hydrogen-bond donors (Lipinski definition) is 0. The molecule has 0 bridgehead atoms. The Morgan fingerprint density at radius 3 is 2.79 bits per heavy atom. The zero-order chi connectivity index (χ0) is 10.1. The van der Waals surface area contributed by atoms with E-state index in [1.807, 2.05) is 0 Å². The van der Waals surface area contributed by atoms with Crippen molar-refractivity contribution in [2.75, 3.05) is 0 Å². The molecular weight excluding hydrogens is 205 g/mol. The van der Waals surface area contributed by atoms with Gasteiger partial charge in [-0.1, -0.05) is 18.0 Å². The van der Waals surface area contributed by atoms with E-state index in [2.05, 4.69) is 4.98 Å². The molecule has 1 aliphatic carbocycles. The number of aromatic nitrogens is 1. The Kier molecular flexibility index (Phi) is 2.50. The largest absolute Gasteiger partial charge is 0.292 e. The number of carbonyl (C=O) groups is 1. The molecule has 1 aromatic heterocycles. The second-order valence-corrected chi connectivity index (χ2v) is 3.84. The molecule has 0 radical (unpaired) electrons. The van der Waals surface area contributed by atoms with Crippen molar-refractivity contribution in [2.45, 2.75) is 19.3 Å². The highest BCUT2D eigenvalue weighted by Gasteiger charge is 2.29. The highest BCUT2D eigenvalue weighted by molar-refractivity contribution is 6.29. The van der Waals surface area contributed by atoms with E-state index in [1.54, 1.807) is 0 Å². The Bertz CT molecular complexity index is 376. The van der Waals surface area contributed by atoms with Crippen LogP contribution >= 0.6 is 11.6 Å². The zero-order valence-electron chi connectivity index (χ0n) is 7.46. The van der Waals surface area contributed by atoms with E-state index in [0.29, 0.717) is 0 Å². The van der Waals surface area contributed by atoms with Gasteiger partial charge < -0.3 is 0 Å². The summed E-state index contributed by atoms with van der Waals surface area (Å²) in [6.07, 6.45) is 2.72. The molecule has 0 atom stereocenters. The van der Waals surface area contributed by atoms with Gasteiger partial charge in [0.25, 0.3) is 0 Å². The van der Waals surface area contributed by atoms with E-state index < -0.39 is 5.82 Å². The predicted molar refractivity (Wildman–Crippen MR) is 50.9 cm³/mol. The summed E-state index contributed by atoms with van der Waals surface area (Å²) in [6.45, 7) is 0. The fourth-order valence-electron chi connectivity index (χ4n) is 1.45. The number of Topliss-reactive ketones (excluding diaryl/α,β-unsaturated/α-hetero) is 1. The monoisotopic (exact) mass is 213 g/mol. The summed E-state index contributed by atoms with van der Waals surface area (Å²) in [7, 11) is 0. The third kappa shape index (κ3) is 1.64.